The maximum atomic E-state index is 12.6. The lowest BCUT2D eigenvalue weighted by Gasteiger charge is -2.16. The number of ether oxygens (including phenoxy) is 4. The first kappa shape index (κ1) is 25.8. The molecular formula is C24H28N4O6S. The van der Waals surface area contributed by atoms with E-state index in [2.05, 4.69) is 9.69 Å². The maximum Gasteiger partial charge on any atom is 0.241 e. The van der Waals surface area contributed by atoms with Crippen LogP contribution in [0.15, 0.2) is 36.5 Å². The molecule has 186 valence electrons. The van der Waals surface area contributed by atoms with Crippen molar-refractivity contribution in [3.8, 4) is 44.6 Å². The number of aromatic nitrogens is 1. The van der Waals surface area contributed by atoms with Gasteiger partial charge in [-0.05, 0) is 47.8 Å². The maximum absolute atomic E-state index is 12.6. The average molecular weight is 501 g/mol. The first-order valence-corrected chi connectivity index (χ1v) is 11.4. The molecule has 11 heteroatoms. The minimum absolute atomic E-state index is 0.0183. The molecule has 0 unspecified atom stereocenters. The van der Waals surface area contributed by atoms with Gasteiger partial charge in [-0.15, -0.1) is 0 Å². The van der Waals surface area contributed by atoms with Gasteiger partial charge in [-0.1, -0.05) is 6.07 Å². The lowest BCUT2D eigenvalue weighted by Crippen LogP contribution is -2.36. The summed E-state index contributed by atoms with van der Waals surface area (Å²) in [5, 5.41) is 2.78. The molecule has 35 heavy (non-hydrogen) atoms. The summed E-state index contributed by atoms with van der Waals surface area (Å²) in [5.74, 6) is 1.03. The molecule has 1 heterocycles. The van der Waals surface area contributed by atoms with Crippen LogP contribution in [-0.2, 0) is 9.59 Å². The third-order valence-corrected chi connectivity index (χ3v) is 6.15. The quantitative estimate of drug-likeness (QED) is 0.364. The molecule has 1 atom stereocenters. The van der Waals surface area contributed by atoms with Gasteiger partial charge >= 0.3 is 0 Å². The zero-order chi connectivity index (χ0) is 25.5. The molecular weight excluding hydrogens is 472 g/mol. The number of benzene rings is 2. The Labute approximate surface area is 207 Å². The van der Waals surface area contributed by atoms with Crippen LogP contribution in [-0.4, -0.2) is 50.7 Å². The van der Waals surface area contributed by atoms with Crippen molar-refractivity contribution in [3.63, 3.8) is 0 Å². The molecule has 3 rings (SSSR count). The number of nitrogens with one attached hydrogen (secondary N) is 1. The number of nitrogens with zero attached hydrogens (tertiary/aromatic N) is 1. The number of nitrogens with two attached hydrogens (primary N) is 2. The first-order valence-electron chi connectivity index (χ1n) is 10.6. The molecule has 3 aromatic rings. The highest BCUT2D eigenvalue weighted by Crippen LogP contribution is 2.45. The van der Waals surface area contributed by atoms with E-state index in [0.29, 0.717) is 28.7 Å². The van der Waals surface area contributed by atoms with E-state index in [-0.39, 0.29) is 12.8 Å². The summed E-state index contributed by atoms with van der Waals surface area (Å²) in [7, 11) is 6.17. The number of primary amides is 1. The molecule has 0 bridgehead atoms. The van der Waals surface area contributed by atoms with Gasteiger partial charge in [0.25, 0.3) is 0 Å². The molecule has 2 aromatic carbocycles. The summed E-state index contributed by atoms with van der Waals surface area (Å²) in [6, 6.07) is 8.20. The van der Waals surface area contributed by atoms with Gasteiger partial charge in [0.15, 0.2) is 11.5 Å². The van der Waals surface area contributed by atoms with E-state index in [1.807, 2.05) is 18.2 Å². The highest BCUT2D eigenvalue weighted by Gasteiger charge is 2.20. The first-order chi connectivity index (χ1) is 16.8. The number of anilines is 1. The van der Waals surface area contributed by atoms with Gasteiger partial charge in [0.2, 0.25) is 17.6 Å². The van der Waals surface area contributed by atoms with Crippen molar-refractivity contribution in [2.24, 2.45) is 11.5 Å². The van der Waals surface area contributed by atoms with E-state index >= 15 is 0 Å². The van der Waals surface area contributed by atoms with Crippen molar-refractivity contribution < 1.29 is 28.5 Å². The summed E-state index contributed by atoms with van der Waals surface area (Å²) in [6.07, 6.45) is 1.91. The van der Waals surface area contributed by atoms with E-state index in [9.17, 15) is 9.59 Å². The van der Waals surface area contributed by atoms with Gasteiger partial charge in [-0.25, -0.2) is 0 Å². The fourth-order valence-corrected chi connectivity index (χ4v) is 4.25. The molecule has 5 N–H and O–H groups in total. The Balaban J connectivity index is 1.98. The van der Waals surface area contributed by atoms with Crippen molar-refractivity contribution in [2.45, 2.75) is 18.9 Å². The second kappa shape index (κ2) is 11.5. The van der Waals surface area contributed by atoms with E-state index in [0.717, 1.165) is 21.6 Å². The highest BCUT2D eigenvalue weighted by molar-refractivity contribution is 7.10. The second-order valence-corrected chi connectivity index (χ2v) is 8.30. The number of amides is 2. The summed E-state index contributed by atoms with van der Waals surface area (Å²) in [6.45, 7) is 0. The number of carbonyl (C=O) groups is 2. The van der Waals surface area contributed by atoms with Crippen LogP contribution in [0.4, 0.5) is 5.69 Å². The molecule has 0 aliphatic heterocycles. The predicted octanol–water partition coefficient (Wildman–Crippen LogP) is 3.04. The number of hydrogen-bond donors (Lipinski definition) is 3. The smallest absolute Gasteiger partial charge is 0.241 e. The van der Waals surface area contributed by atoms with Gasteiger partial charge in [0, 0.05) is 23.7 Å². The van der Waals surface area contributed by atoms with Gasteiger partial charge in [-0.2, -0.15) is 4.37 Å². The standard InChI is InChI=1S/C24H28N4O6S/c1-31-18-7-5-13(9-17(18)28-24(30)16(25)6-8-21(26)29)15-12-27-35-23(15)14-10-19(32-2)22(34-4)20(11-14)33-3/h5,7,9-12,16H,6,8,25H2,1-4H3,(H2,26,29)(H,28,30)/t16-/m0/s1. The summed E-state index contributed by atoms with van der Waals surface area (Å²) in [5.41, 5.74) is 14.0. The fourth-order valence-electron chi connectivity index (χ4n) is 3.49. The average Bonchev–Trinajstić information content (AvgIpc) is 3.36. The largest absolute Gasteiger partial charge is 0.495 e. The number of carbonyl (C=O) groups excluding carboxylic acids is 2. The molecule has 0 fully saturated rings. The minimum atomic E-state index is -0.895. The third-order valence-electron chi connectivity index (χ3n) is 5.30. The molecule has 1 aromatic heterocycles. The Kier molecular flexibility index (Phi) is 8.50. The SMILES string of the molecule is COc1ccc(-c2cnsc2-c2cc(OC)c(OC)c(OC)c2)cc1NC(=O)[C@@H](N)CCC(N)=O. The van der Waals surface area contributed by atoms with Crippen molar-refractivity contribution in [2.75, 3.05) is 33.8 Å². The third kappa shape index (κ3) is 5.81. The van der Waals surface area contributed by atoms with Gasteiger partial charge in [0.1, 0.15) is 5.75 Å². The molecule has 0 aliphatic carbocycles. The molecule has 0 aliphatic rings. The summed E-state index contributed by atoms with van der Waals surface area (Å²) < 4.78 is 26.2. The van der Waals surface area contributed by atoms with Crippen LogP contribution in [0.25, 0.3) is 21.6 Å². The molecule has 10 nitrogen and oxygen atoms in total. The van der Waals surface area contributed by atoms with Gasteiger partial charge in [-0.3, -0.25) is 9.59 Å². The van der Waals surface area contributed by atoms with E-state index in [1.54, 1.807) is 39.7 Å². The van der Waals surface area contributed by atoms with Gasteiger partial charge < -0.3 is 35.7 Å². The van der Waals surface area contributed by atoms with Crippen LogP contribution in [0.2, 0.25) is 0 Å². The number of rotatable bonds is 11. The van der Waals surface area contributed by atoms with Crippen molar-refractivity contribution >= 4 is 29.0 Å². The van der Waals surface area contributed by atoms with Crippen LogP contribution in [0, 0.1) is 0 Å². The topological polar surface area (TPSA) is 148 Å². The van der Waals surface area contributed by atoms with Crippen LogP contribution in [0.3, 0.4) is 0 Å². The Hall–Kier alpha value is -3.83. The normalized spacial score (nSPS) is 11.5. The lowest BCUT2D eigenvalue weighted by molar-refractivity contribution is -0.119. The summed E-state index contributed by atoms with van der Waals surface area (Å²) in [4.78, 5) is 24.5. The van der Waals surface area contributed by atoms with Crippen LogP contribution in [0.5, 0.6) is 23.0 Å². The van der Waals surface area contributed by atoms with Crippen molar-refractivity contribution in [1.29, 1.82) is 0 Å². The minimum Gasteiger partial charge on any atom is -0.495 e. The van der Waals surface area contributed by atoms with E-state index < -0.39 is 17.9 Å². The zero-order valence-corrected chi connectivity index (χ0v) is 20.7. The zero-order valence-electron chi connectivity index (χ0n) is 19.9. The fraction of sp³-hybridized carbons (Fsp3) is 0.292. The Morgan fingerprint density at radius 1 is 0.971 bits per heavy atom. The molecule has 0 saturated carbocycles. The molecule has 0 radical (unpaired) electrons. The van der Waals surface area contributed by atoms with Crippen LogP contribution >= 0.6 is 11.5 Å². The Morgan fingerprint density at radius 2 is 1.63 bits per heavy atom. The highest BCUT2D eigenvalue weighted by atomic mass is 32.1. The van der Waals surface area contributed by atoms with E-state index in [4.69, 9.17) is 30.4 Å². The Bertz CT molecular complexity index is 1190. The van der Waals surface area contributed by atoms with Crippen molar-refractivity contribution in [1.82, 2.24) is 4.37 Å². The Morgan fingerprint density at radius 3 is 2.20 bits per heavy atom. The van der Waals surface area contributed by atoms with Gasteiger partial charge in [0.05, 0.1) is 45.0 Å². The predicted molar refractivity (Wildman–Crippen MR) is 134 cm³/mol. The van der Waals surface area contributed by atoms with Crippen LogP contribution < -0.4 is 35.7 Å². The molecule has 2 amide bonds. The second-order valence-electron chi connectivity index (χ2n) is 7.50. The number of hydrogen-bond acceptors (Lipinski definition) is 9. The van der Waals surface area contributed by atoms with E-state index in [1.165, 1.54) is 18.6 Å². The lowest BCUT2D eigenvalue weighted by atomic mass is 10.0. The molecule has 0 saturated heterocycles. The van der Waals surface area contributed by atoms with Crippen molar-refractivity contribution in [3.05, 3.63) is 36.5 Å². The molecule has 0 spiro atoms. The van der Waals surface area contributed by atoms with Crippen LogP contribution in [0.1, 0.15) is 12.8 Å². The number of methoxy groups -OCH3 is 4. The summed E-state index contributed by atoms with van der Waals surface area (Å²) >= 11 is 1.31. The monoisotopic (exact) mass is 500 g/mol.